The summed E-state index contributed by atoms with van der Waals surface area (Å²) in [5, 5.41) is 4.58. The van der Waals surface area contributed by atoms with Gasteiger partial charge in [0.05, 0.1) is 17.5 Å². The predicted octanol–water partition coefficient (Wildman–Crippen LogP) is 2.66. The van der Waals surface area contributed by atoms with Gasteiger partial charge < -0.3 is 9.73 Å². The number of rotatable bonds is 3. The first-order valence-corrected chi connectivity index (χ1v) is 8.80. The second-order valence-corrected chi connectivity index (χ2v) is 7.80. The molecule has 1 aromatic heterocycles. The Kier molecular flexibility index (Phi) is 3.56. The van der Waals surface area contributed by atoms with E-state index in [-0.39, 0.29) is 23.6 Å². The Labute approximate surface area is 119 Å². The van der Waals surface area contributed by atoms with Crippen LogP contribution in [-0.2, 0) is 9.84 Å². The van der Waals surface area contributed by atoms with E-state index in [2.05, 4.69) is 12.2 Å². The van der Waals surface area contributed by atoms with Crippen molar-refractivity contribution in [2.75, 3.05) is 11.5 Å². The number of furan rings is 1. The third-order valence-corrected chi connectivity index (χ3v) is 5.63. The first-order chi connectivity index (χ1) is 9.53. The first kappa shape index (κ1) is 13.6. The standard InChI is InChI=1S/C15H19NO3S/c1-11(16-13-6-8-20(17,18)9-7-13)15-10-12-4-2-3-5-14(12)19-15/h2-5,10-11,13,16H,6-9H2,1H3. The van der Waals surface area contributed by atoms with E-state index >= 15 is 0 Å². The van der Waals surface area contributed by atoms with Crippen LogP contribution in [0.4, 0.5) is 0 Å². The molecule has 1 aliphatic rings. The minimum absolute atomic E-state index is 0.0909. The molecule has 2 heterocycles. The molecule has 1 atom stereocenters. The molecule has 0 spiro atoms. The van der Waals surface area contributed by atoms with Crippen molar-refractivity contribution in [1.29, 1.82) is 0 Å². The van der Waals surface area contributed by atoms with Crippen LogP contribution in [-0.4, -0.2) is 26.0 Å². The largest absolute Gasteiger partial charge is 0.459 e. The van der Waals surface area contributed by atoms with Crippen LogP contribution in [0.5, 0.6) is 0 Å². The van der Waals surface area contributed by atoms with Crippen molar-refractivity contribution < 1.29 is 12.8 Å². The Morgan fingerprint density at radius 3 is 2.65 bits per heavy atom. The molecule has 0 saturated carbocycles. The van der Waals surface area contributed by atoms with Gasteiger partial charge in [-0.25, -0.2) is 8.42 Å². The topological polar surface area (TPSA) is 59.3 Å². The molecule has 0 aliphatic carbocycles. The van der Waals surface area contributed by atoms with Gasteiger partial charge in [-0.15, -0.1) is 0 Å². The van der Waals surface area contributed by atoms with Crippen molar-refractivity contribution >= 4 is 20.8 Å². The van der Waals surface area contributed by atoms with Gasteiger partial charge in [0.25, 0.3) is 0 Å². The molecule has 0 amide bonds. The third kappa shape index (κ3) is 2.88. The van der Waals surface area contributed by atoms with Gasteiger partial charge >= 0.3 is 0 Å². The number of sulfone groups is 1. The highest BCUT2D eigenvalue weighted by Gasteiger charge is 2.25. The van der Waals surface area contributed by atoms with E-state index in [1.54, 1.807) is 0 Å². The summed E-state index contributed by atoms with van der Waals surface area (Å²) < 4.78 is 28.7. The maximum absolute atomic E-state index is 11.4. The molecule has 1 aromatic carbocycles. The summed E-state index contributed by atoms with van der Waals surface area (Å²) in [5.74, 6) is 1.48. The summed E-state index contributed by atoms with van der Waals surface area (Å²) >= 11 is 0. The Balaban J connectivity index is 1.68. The summed E-state index contributed by atoms with van der Waals surface area (Å²) in [6.07, 6.45) is 1.37. The second-order valence-electron chi connectivity index (χ2n) is 5.50. The maximum atomic E-state index is 11.4. The van der Waals surface area contributed by atoms with Gasteiger partial charge in [0, 0.05) is 11.4 Å². The van der Waals surface area contributed by atoms with Crippen molar-refractivity contribution in [2.45, 2.75) is 31.8 Å². The van der Waals surface area contributed by atoms with Crippen molar-refractivity contribution in [1.82, 2.24) is 5.32 Å². The molecule has 20 heavy (non-hydrogen) atoms. The van der Waals surface area contributed by atoms with Gasteiger partial charge in [0.15, 0.2) is 0 Å². The molecular formula is C15H19NO3S. The molecule has 2 aromatic rings. The monoisotopic (exact) mass is 293 g/mol. The van der Waals surface area contributed by atoms with E-state index in [4.69, 9.17) is 4.42 Å². The van der Waals surface area contributed by atoms with E-state index in [0.717, 1.165) is 16.7 Å². The fourth-order valence-electron chi connectivity index (χ4n) is 2.71. The fourth-order valence-corrected chi connectivity index (χ4v) is 4.20. The van der Waals surface area contributed by atoms with Gasteiger partial charge in [-0.1, -0.05) is 18.2 Å². The van der Waals surface area contributed by atoms with E-state index in [0.29, 0.717) is 12.8 Å². The van der Waals surface area contributed by atoms with Crippen molar-refractivity contribution in [3.8, 4) is 0 Å². The summed E-state index contributed by atoms with van der Waals surface area (Å²) in [6, 6.07) is 10.3. The molecule has 1 unspecified atom stereocenters. The van der Waals surface area contributed by atoms with Crippen LogP contribution in [0.3, 0.4) is 0 Å². The highest BCUT2D eigenvalue weighted by molar-refractivity contribution is 7.91. The Hall–Kier alpha value is -1.33. The maximum Gasteiger partial charge on any atom is 0.150 e. The van der Waals surface area contributed by atoms with Crippen LogP contribution < -0.4 is 5.32 Å². The Morgan fingerprint density at radius 2 is 1.95 bits per heavy atom. The van der Waals surface area contributed by atoms with Crippen molar-refractivity contribution in [2.24, 2.45) is 0 Å². The number of fused-ring (bicyclic) bond motifs is 1. The van der Waals surface area contributed by atoms with Crippen LogP contribution in [0.2, 0.25) is 0 Å². The van der Waals surface area contributed by atoms with Crippen LogP contribution in [0.1, 0.15) is 31.6 Å². The molecule has 1 aliphatic heterocycles. The van der Waals surface area contributed by atoms with E-state index in [1.807, 2.05) is 30.3 Å². The zero-order valence-electron chi connectivity index (χ0n) is 11.5. The molecule has 4 nitrogen and oxygen atoms in total. The van der Waals surface area contributed by atoms with Gasteiger partial charge in [-0.3, -0.25) is 0 Å². The molecule has 3 rings (SSSR count). The van der Waals surface area contributed by atoms with Crippen LogP contribution in [0, 0.1) is 0 Å². The molecule has 5 heteroatoms. The van der Waals surface area contributed by atoms with Crippen molar-refractivity contribution in [3.05, 3.63) is 36.1 Å². The highest BCUT2D eigenvalue weighted by atomic mass is 32.2. The number of hydrogen-bond donors (Lipinski definition) is 1. The van der Waals surface area contributed by atoms with Gasteiger partial charge in [-0.05, 0) is 31.9 Å². The summed E-state index contributed by atoms with van der Waals surface area (Å²) in [7, 11) is -2.80. The Morgan fingerprint density at radius 1 is 1.25 bits per heavy atom. The lowest BCUT2D eigenvalue weighted by molar-refractivity contribution is 0.379. The highest BCUT2D eigenvalue weighted by Crippen LogP contribution is 2.25. The smallest absolute Gasteiger partial charge is 0.150 e. The number of benzene rings is 1. The lowest BCUT2D eigenvalue weighted by Gasteiger charge is -2.25. The summed E-state index contributed by atoms with van der Waals surface area (Å²) in [6.45, 7) is 2.06. The molecule has 1 fully saturated rings. The molecule has 0 radical (unpaired) electrons. The van der Waals surface area contributed by atoms with Gasteiger partial charge in [-0.2, -0.15) is 0 Å². The average Bonchev–Trinajstić information content (AvgIpc) is 2.85. The van der Waals surface area contributed by atoms with Crippen LogP contribution in [0.15, 0.2) is 34.7 Å². The lowest BCUT2D eigenvalue weighted by atomic mass is 10.1. The quantitative estimate of drug-likeness (QED) is 0.945. The number of para-hydroxylation sites is 1. The number of nitrogens with one attached hydrogen (secondary N) is 1. The zero-order valence-corrected chi connectivity index (χ0v) is 12.3. The Bertz CT molecular complexity index is 658. The molecule has 1 N–H and O–H groups in total. The van der Waals surface area contributed by atoms with Crippen molar-refractivity contribution in [3.63, 3.8) is 0 Å². The second kappa shape index (κ2) is 5.22. The fraction of sp³-hybridized carbons (Fsp3) is 0.467. The first-order valence-electron chi connectivity index (χ1n) is 6.98. The molecular weight excluding hydrogens is 274 g/mol. The van der Waals surface area contributed by atoms with Crippen LogP contribution >= 0.6 is 0 Å². The molecule has 0 bridgehead atoms. The summed E-state index contributed by atoms with van der Waals surface area (Å²) in [5.41, 5.74) is 0.891. The number of hydrogen-bond acceptors (Lipinski definition) is 4. The van der Waals surface area contributed by atoms with E-state index in [9.17, 15) is 8.42 Å². The van der Waals surface area contributed by atoms with E-state index < -0.39 is 9.84 Å². The minimum atomic E-state index is -2.80. The van der Waals surface area contributed by atoms with E-state index in [1.165, 1.54) is 0 Å². The zero-order chi connectivity index (χ0) is 14.2. The molecule has 1 saturated heterocycles. The normalized spacial score (nSPS) is 21.1. The van der Waals surface area contributed by atoms with Gasteiger partial charge in [0.2, 0.25) is 0 Å². The third-order valence-electron chi connectivity index (χ3n) is 3.91. The SMILES string of the molecule is CC(NC1CCS(=O)(=O)CC1)c1cc2ccccc2o1. The summed E-state index contributed by atoms with van der Waals surface area (Å²) in [4.78, 5) is 0. The minimum Gasteiger partial charge on any atom is -0.459 e. The van der Waals surface area contributed by atoms with Crippen LogP contribution in [0.25, 0.3) is 11.0 Å². The average molecular weight is 293 g/mol. The predicted molar refractivity (Wildman–Crippen MR) is 79.4 cm³/mol. The lowest BCUT2D eigenvalue weighted by Crippen LogP contribution is -2.38. The van der Waals surface area contributed by atoms with Gasteiger partial charge in [0.1, 0.15) is 21.2 Å². The molecule has 108 valence electrons.